The molecule has 3 fully saturated rings. The van der Waals surface area contributed by atoms with Crippen LogP contribution in [-0.2, 0) is 14.4 Å². The molecule has 5 nitrogen and oxygen atoms in total. The molecular formula is C21H34N2O3. The lowest BCUT2D eigenvalue weighted by Gasteiger charge is -2.36. The van der Waals surface area contributed by atoms with E-state index in [1.807, 2.05) is 6.92 Å². The largest absolute Gasteiger partial charge is 0.353 e. The molecule has 26 heavy (non-hydrogen) atoms. The topological polar surface area (TPSA) is 66.5 Å². The van der Waals surface area contributed by atoms with Gasteiger partial charge in [-0.15, -0.1) is 0 Å². The van der Waals surface area contributed by atoms with Crippen molar-refractivity contribution >= 4 is 17.7 Å². The fourth-order valence-corrected chi connectivity index (χ4v) is 5.18. The van der Waals surface area contributed by atoms with Crippen LogP contribution in [0.25, 0.3) is 0 Å². The van der Waals surface area contributed by atoms with Crippen LogP contribution in [0.3, 0.4) is 0 Å². The van der Waals surface area contributed by atoms with Gasteiger partial charge in [-0.2, -0.15) is 0 Å². The molecule has 146 valence electrons. The maximum Gasteiger partial charge on any atom is 0.229 e. The molecule has 0 aromatic carbocycles. The van der Waals surface area contributed by atoms with E-state index < -0.39 is 0 Å². The molecule has 1 heterocycles. The van der Waals surface area contributed by atoms with Crippen molar-refractivity contribution < 1.29 is 14.4 Å². The number of hydrogen-bond donors (Lipinski definition) is 1. The lowest BCUT2D eigenvalue weighted by Crippen LogP contribution is -2.42. The van der Waals surface area contributed by atoms with Gasteiger partial charge in [-0.25, -0.2) is 0 Å². The highest BCUT2D eigenvalue weighted by atomic mass is 16.2. The smallest absolute Gasteiger partial charge is 0.229 e. The minimum absolute atomic E-state index is 0.0434. The van der Waals surface area contributed by atoms with Gasteiger partial charge >= 0.3 is 0 Å². The van der Waals surface area contributed by atoms with E-state index in [1.54, 1.807) is 4.90 Å². The molecule has 0 aromatic rings. The van der Waals surface area contributed by atoms with Crippen LogP contribution in [0.2, 0.25) is 0 Å². The monoisotopic (exact) mass is 362 g/mol. The quantitative estimate of drug-likeness (QED) is 0.735. The Bertz CT molecular complexity index is 501. The highest BCUT2D eigenvalue weighted by Crippen LogP contribution is 2.37. The maximum atomic E-state index is 11.9. The molecule has 3 rings (SSSR count). The Hall–Kier alpha value is -1.39. The summed E-state index contributed by atoms with van der Waals surface area (Å²) < 4.78 is 0. The molecule has 0 aromatic heterocycles. The molecule has 0 spiro atoms. The molecule has 1 saturated heterocycles. The molecule has 1 aliphatic heterocycles. The molecule has 0 atom stereocenters. The van der Waals surface area contributed by atoms with Gasteiger partial charge in [0.15, 0.2) is 0 Å². The summed E-state index contributed by atoms with van der Waals surface area (Å²) in [4.78, 5) is 37.1. The number of carbonyl (C=O) groups excluding carboxylic acids is 3. The van der Waals surface area contributed by atoms with Gasteiger partial charge in [0.2, 0.25) is 17.7 Å². The molecular weight excluding hydrogens is 328 g/mol. The summed E-state index contributed by atoms with van der Waals surface area (Å²) in [5.74, 6) is 1.82. The van der Waals surface area contributed by atoms with Gasteiger partial charge in [0.05, 0.1) is 0 Å². The lowest BCUT2D eigenvalue weighted by molar-refractivity contribution is -0.142. The van der Waals surface area contributed by atoms with E-state index in [0.29, 0.717) is 25.3 Å². The average Bonchev–Trinajstić information content (AvgIpc) is 2.96. The first-order valence-electron chi connectivity index (χ1n) is 10.7. The first-order chi connectivity index (χ1) is 12.6. The molecule has 2 aliphatic carbocycles. The number of imide groups is 1. The van der Waals surface area contributed by atoms with Crippen molar-refractivity contribution in [2.75, 3.05) is 0 Å². The summed E-state index contributed by atoms with van der Waals surface area (Å²) in [5.41, 5.74) is 0. The summed E-state index contributed by atoms with van der Waals surface area (Å²) in [6.07, 6.45) is 12.6. The van der Waals surface area contributed by atoms with Crippen LogP contribution in [0.5, 0.6) is 0 Å². The van der Waals surface area contributed by atoms with Gasteiger partial charge in [-0.3, -0.25) is 19.3 Å². The van der Waals surface area contributed by atoms with E-state index in [4.69, 9.17) is 0 Å². The van der Waals surface area contributed by atoms with Crippen molar-refractivity contribution in [3.8, 4) is 0 Å². The summed E-state index contributed by atoms with van der Waals surface area (Å²) in [5, 5.41) is 3.18. The highest BCUT2D eigenvalue weighted by molar-refractivity contribution is 6.02. The first kappa shape index (κ1) is 19.4. The summed E-state index contributed by atoms with van der Waals surface area (Å²) in [6.45, 7) is 2.04. The van der Waals surface area contributed by atoms with E-state index in [0.717, 1.165) is 56.8 Å². The van der Waals surface area contributed by atoms with Crippen molar-refractivity contribution in [3.05, 3.63) is 0 Å². The molecule has 1 N–H and O–H groups in total. The Morgan fingerprint density at radius 2 is 1.46 bits per heavy atom. The van der Waals surface area contributed by atoms with Crippen molar-refractivity contribution in [3.63, 3.8) is 0 Å². The van der Waals surface area contributed by atoms with Crippen molar-refractivity contribution in [1.29, 1.82) is 0 Å². The van der Waals surface area contributed by atoms with Crippen LogP contribution in [0.15, 0.2) is 0 Å². The van der Waals surface area contributed by atoms with Gasteiger partial charge < -0.3 is 5.32 Å². The standard InChI is InChI=1S/C21H34N2O3/c1-2-3-19(24)22-17-8-4-15(5-9-17)14-16-6-10-18(11-7-16)23-20(25)12-13-21(23)26/h15-18H,2-14H2,1H3,(H,22,24). The van der Waals surface area contributed by atoms with Crippen molar-refractivity contribution in [2.24, 2.45) is 11.8 Å². The highest BCUT2D eigenvalue weighted by Gasteiger charge is 2.37. The van der Waals surface area contributed by atoms with Gasteiger partial charge in [0.1, 0.15) is 0 Å². The third-order valence-corrected chi connectivity index (χ3v) is 6.63. The molecule has 2 saturated carbocycles. The van der Waals surface area contributed by atoms with Gasteiger partial charge in [-0.05, 0) is 76.0 Å². The predicted octanol–water partition coefficient (Wildman–Crippen LogP) is 3.56. The molecule has 0 unspecified atom stereocenters. The molecule has 3 aliphatic rings. The zero-order valence-electron chi connectivity index (χ0n) is 16.2. The minimum atomic E-state index is 0.0434. The van der Waals surface area contributed by atoms with Gasteiger partial charge in [0.25, 0.3) is 0 Å². The summed E-state index contributed by atoms with van der Waals surface area (Å²) in [7, 11) is 0. The van der Waals surface area contributed by atoms with Gasteiger partial charge in [-0.1, -0.05) is 6.92 Å². The Morgan fingerprint density at radius 1 is 0.923 bits per heavy atom. The number of likely N-dealkylation sites (tertiary alicyclic amines) is 1. The third-order valence-electron chi connectivity index (χ3n) is 6.63. The fourth-order valence-electron chi connectivity index (χ4n) is 5.18. The van der Waals surface area contributed by atoms with Crippen LogP contribution in [0, 0.1) is 11.8 Å². The van der Waals surface area contributed by atoms with E-state index in [9.17, 15) is 14.4 Å². The summed E-state index contributed by atoms with van der Waals surface area (Å²) in [6, 6.07) is 0.548. The van der Waals surface area contributed by atoms with Crippen LogP contribution < -0.4 is 5.32 Å². The first-order valence-corrected chi connectivity index (χ1v) is 10.7. The number of amides is 3. The second kappa shape index (κ2) is 9.01. The minimum Gasteiger partial charge on any atom is -0.353 e. The van der Waals surface area contributed by atoms with E-state index >= 15 is 0 Å². The Morgan fingerprint density at radius 3 is 2.00 bits per heavy atom. The zero-order valence-corrected chi connectivity index (χ0v) is 16.2. The van der Waals surface area contributed by atoms with Crippen LogP contribution >= 0.6 is 0 Å². The Kier molecular flexibility index (Phi) is 6.71. The van der Waals surface area contributed by atoms with Crippen LogP contribution in [-0.4, -0.2) is 34.7 Å². The lowest BCUT2D eigenvalue weighted by atomic mass is 9.75. The Balaban J connectivity index is 1.36. The Labute approximate surface area is 157 Å². The molecule has 3 amide bonds. The van der Waals surface area contributed by atoms with Gasteiger partial charge in [0, 0.05) is 31.3 Å². The van der Waals surface area contributed by atoms with E-state index in [1.165, 1.54) is 19.3 Å². The fraction of sp³-hybridized carbons (Fsp3) is 0.857. The SMILES string of the molecule is CCCC(=O)NC1CCC(CC2CCC(N3C(=O)CCC3=O)CC2)CC1. The molecule has 0 bridgehead atoms. The molecule has 5 heteroatoms. The van der Waals surface area contributed by atoms with Crippen LogP contribution in [0.1, 0.15) is 90.4 Å². The van der Waals surface area contributed by atoms with Crippen molar-refractivity contribution in [1.82, 2.24) is 10.2 Å². The average molecular weight is 363 g/mol. The third kappa shape index (κ3) is 4.86. The number of nitrogens with one attached hydrogen (secondary N) is 1. The number of rotatable bonds is 6. The predicted molar refractivity (Wildman–Crippen MR) is 100 cm³/mol. The summed E-state index contributed by atoms with van der Waals surface area (Å²) >= 11 is 0. The number of hydrogen-bond acceptors (Lipinski definition) is 3. The van der Waals surface area contributed by atoms with Crippen LogP contribution in [0.4, 0.5) is 0 Å². The number of nitrogens with zero attached hydrogens (tertiary/aromatic N) is 1. The second-order valence-corrected chi connectivity index (χ2v) is 8.60. The number of carbonyl (C=O) groups is 3. The molecule has 0 radical (unpaired) electrons. The van der Waals surface area contributed by atoms with Crippen molar-refractivity contribution in [2.45, 2.75) is 102 Å². The normalized spacial score (nSPS) is 32.7. The zero-order chi connectivity index (χ0) is 18.5. The second-order valence-electron chi connectivity index (χ2n) is 8.60. The van der Waals surface area contributed by atoms with E-state index in [-0.39, 0.29) is 23.8 Å². The van der Waals surface area contributed by atoms with E-state index in [2.05, 4.69) is 5.32 Å². The maximum absolute atomic E-state index is 11.9.